The van der Waals surface area contributed by atoms with Gasteiger partial charge in [-0.2, -0.15) is 18.3 Å². The molecule has 1 aromatic carbocycles. The number of hydrogen-bond acceptors (Lipinski definition) is 4. The smallest absolute Gasteiger partial charge is 0.292 e. The first kappa shape index (κ1) is 17.6. The Bertz CT molecular complexity index is 1140. The molecule has 7 nitrogen and oxygen atoms in total. The molecular weight excluding hydrogens is 353 g/mol. The maximum absolute atomic E-state index is 12.9. The lowest BCUT2D eigenvalue weighted by atomic mass is 10.1. The molecule has 3 rings (SSSR count). The number of carbonyl (C=O) groups excluding carboxylic acids is 1. The van der Waals surface area contributed by atoms with Gasteiger partial charge < -0.3 is 0 Å². The lowest BCUT2D eigenvalue weighted by molar-refractivity contribution is -0.144. The number of halogens is 3. The summed E-state index contributed by atoms with van der Waals surface area (Å²) < 4.78 is 40.9. The molecule has 2 aromatic heterocycles. The predicted molar refractivity (Wildman–Crippen MR) is 86.1 cm³/mol. The molecule has 2 heterocycles. The molecule has 0 saturated carbocycles. The average Bonchev–Trinajstić information content (AvgIpc) is 2.97. The lowest BCUT2D eigenvalue weighted by Gasteiger charge is -2.14. The summed E-state index contributed by atoms with van der Waals surface area (Å²) in [6.07, 6.45) is -3.35. The molecule has 0 fully saturated rings. The van der Waals surface area contributed by atoms with E-state index in [0.29, 0.717) is 31.7 Å². The molecule has 136 valence electrons. The fourth-order valence-electron chi connectivity index (χ4n) is 2.70. The summed E-state index contributed by atoms with van der Waals surface area (Å²) in [7, 11) is 0.960. The normalized spacial score (nSPS) is 11.9. The Labute approximate surface area is 143 Å². The van der Waals surface area contributed by atoms with Crippen LogP contribution in [0.2, 0.25) is 0 Å². The average molecular weight is 366 g/mol. The Hall–Kier alpha value is -3.17. The van der Waals surface area contributed by atoms with E-state index in [4.69, 9.17) is 0 Å². The third-order valence-corrected chi connectivity index (χ3v) is 3.97. The minimum Gasteiger partial charge on any atom is -0.292 e. The first-order valence-electron chi connectivity index (χ1n) is 7.45. The molecule has 0 amide bonds. The zero-order valence-corrected chi connectivity index (χ0v) is 13.7. The Morgan fingerprint density at radius 2 is 1.88 bits per heavy atom. The third kappa shape index (κ3) is 2.93. The number of nitrogens with zero attached hydrogens (tertiary/aromatic N) is 4. The van der Waals surface area contributed by atoms with E-state index < -0.39 is 23.1 Å². The maximum Gasteiger partial charge on any atom is 0.431 e. The first-order valence-corrected chi connectivity index (χ1v) is 7.45. The van der Waals surface area contributed by atoms with Gasteiger partial charge in [-0.05, 0) is 17.7 Å². The van der Waals surface area contributed by atoms with Crippen LogP contribution in [0.15, 0.2) is 40.1 Å². The predicted octanol–water partition coefficient (Wildman–Crippen LogP) is 1.62. The summed E-state index contributed by atoms with van der Waals surface area (Å²) in [5.74, 6) is -0.277. The second kappa shape index (κ2) is 5.97. The second-order valence-corrected chi connectivity index (χ2v) is 5.76. The van der Waals surface area contributed by atoms with Gasteiger partial charge >= 0.3 is 11.9 Å². The van der Waals surface area contributed by atoms with Crippen LogP contribution in [0.25, 0.3) is 10.9 Å². The molecule has 0 N–H and O–H groups in total. The fraction of sp³-hybridized carbons (Fsp3) is 0.250. The molecule has 0 radical (unpaired) electrons. The molecule has 0 aliphatic heterocycles. The van der Waals surface area contributed by atoms with Crippen molar-refractivity contribution in [2.45, 2.75) is 19.6 Å². The Morgan fingerprint density at radius 1 is 1.19 bits per heavy atom. The van der Waals surface area contributed by atoms with Crippen LogP contribution in [0, 0.1) is 0 Å². The van der Waals surface area contributed by atoms with Gasteiger partial charge in [0.15, 0.2) is 0 Å². The van der Waals surface area contributed by atoms with Gasteiger partial charge in [0.05, 0.1) is 18.3 Å². The lowest BCUT2D eigenvalue weighted by Crippen LogP contribution is -2.41. The zero-order chi connectivity index (χ0) is 19.2. The summed E-state index contributed by atoms with van der Waals surface area (Å²) in [6, 6.07) is 5.19. The molecular formula is C16H13F3N4O3. The molecule has 0 bridgehead atoms. The molecule has 10 heteroatoms. The van der Waals surface area contributed by atoms with E-state index in [2.05, 4.69) is 5.10 Å². The standard InChI is InChI=1S/C16H13F3N4O3/c1-9(24)23-12-4-3-10(5-11(12)7-20-23)8-22-14(25)6-13(16(17,18)19)21(2)15(22)26/h3-7H,8H2,1-2H3. The molecule has 0 saturated heterocycles. The van der Waals surface area contributed by atoms with Gasteiger partial charge in [-0.3, -0.25) is 18.7 Å². The molecule has 0 atom stereocenters. The van der Waals surface area contributed by atoms with Crippen LogP contribution in [0.3, 0.4) is 0 Å². The number of hydrogen-bond donors (Lipinski definition) is 0. The second-order valence-electron chi connectivity index (χ2n) is 5.76. The van der Waals surface area contributed by atoms with Crippen molar-refractivity contribution in [3.63, 3.8) is 0 Å². The van der Waals surface area contributed by atoms with Crippen LogP contribution in [-0.4, -0.2) is 24.8 Å². The van der Waals surface area contributed by atoms with E-state index in [1.807, 2.05) is 0 Å². The highest BCUT2D eigenvalue weighted by molar-refractivity contribution is 5.89. The van der Waals surface area contributed by atoms with Crippen molar-refractivity contribution >= 4 is 16.8 Å². The van der Waals surface area contributed by atoms with Gasteiger partial charge in [-0.15, -0.1) is 0 Å². The monoisotopic (exact) mass is 366 g/mol. The van der Waals surface area contributed by atoms with Crippen molar-refractivity contribution in [3.05, 3.63) is 62.6 Å². The summed E-state index contributed by atoms with van der Waals surface area (Å²) in [5.41, 5.74) is -2.35. The highest BCUT2D eigenvalue weighted by Crippen LogP contribution is 2.26. The highest BCUT2D eigenvalue weighted by Gasteiger charge is 2.34. The van der Waals surface area contributed by atoms with Gasteiger partial charge in [-0.1, -0.05) is 6.07 Å². The molecule has 3 aromatic rings. The summed E-state index contributed by atoms with van der Waals surface area (Å²) >= 11 is 0. The van der Waals surface area contributed by atoms with Crippen molar-refractivity contribution < 1.29 is 18.0 Å². The van der Waals surface area contributed by atoms with E-state index in [9.17, 15) is 27.6 Å². The van der Waals surface area contributed by atoms with Crippen LogP contribution >= 0.6 is 0 Å². The van der Waals surface area contributed by atoms with Crippen LogP contribution in [0.1, 0.15) is 23.0 Å². The van der Waals surface area contributed by atoms with E-state index in [1.54, 1.807) is 18.2 Å². The number of rotatable bonds is 2. The van der Waals surface area contributed by atoms with Gasteiger partial charge in [0.25, 0.3) is 5.56 Å². The number of aromatic nitrogens is 4. The van der Waals surface area contributed by atoms with Crippen molar-refractivity contribution in [1.29, 1.82) is 0 Å². The van der Waals surface area contributed by atoms with Crippen LogP contribution < -0.4 is 11.2 Å². The van der Waals surface area contributed by atoms with Crippen molar-refractivity contribution in [2.24, 2.45) is 7.05 Å². The van der Waals surface area contributed by atoms with Gasteiger partial charge in [0, 0.05) is 25.4 Å². The summed E-state index contributed by atoms with van der Waals surface area (Å²) in [4.78, 5) is 35.6. The maximum atomic E-state index is 12.9. The highest BCUT2D eigenvalue weighted by atomic mass is 19.4. The van der Waals surface area contributed by atoms with E-state index in [0.717, 1.165) is 7.05 Å². The molecule has 0 aliphatic carbocycles. The third-order valence-electron chi connectivity index (χ3n) is 3.97. The molecule has 0 unspecified atom stereocenters. The quantitative estimate of drug-likeness (QED) is 0.691. The van der Waals surface area contributed by atoms with Crippen LogP contribution in [0.4, 0.5) is 13.2 Å². The zero-order valence-electron chi connectivity index (χ0n) is 13.7. The van der Waals surface area contributed by atoms with E-state index in [1.165, 1.54) is 17.8 Å². The summed E-state index contributed by atoms with van der Waals surface area (Å²) in [6.45, 7) is 1.15. The Morgan fingerprint density at radius 3 is 2.50 bits per heavy atom. The minimum atomic E-state index is -4.80. The molecule has 0 aliphatic rings. The van der Waals surface area contributed by atoms with Crippen molar-refractivity contribution in [2.75, 3.05) is 0 Å². The van der Waals surface area contributed by atoms with Crippen LogP contribution in [0.5, 0.6) is 0 Å². The number of carbonyl (C=O) groups is 1. The summed E-state index contributed by atoms with van der Waals surface area (Å²) in [5, 5.41) is 4.54. The SMILES string of the molecule is CC(=O)n1ncc2cc(Cn3c(=O)cc(C(F)(F)F)n(C)c3=O)ccc21. The number of alkyl halides is 3. The number of fused-ring (bicyclic) bond motifs is 1. The van der Waals surface area contributed by atoms with Crippen molar-refractivity contribution in [1.82, 2.24) is 18.9 Å². The largest absolute Gasteiger partial charge is 0.431 e. The first-order chi connectivity index (χ1) is 12.1. The van der Waals surface area contributed by atoms with Gasteiger partial charge in [0.2, 0.25) is 5.91 Å². The van der Waals surface area contributed by atoms with Gasteiger partial charge in [0.1, 0.15) is 5.69 Å². The topological polar surface area (TPSA) is 78.9 Å². The van der Waals surface area contributed by atoms with Crippen LogP contribution in [-0.2, 0) is 19.8 Å². The van der Waals surface area contributed by atoms with Gasteiger partial charge in [-0.25, -0.2) is 9.48 Å². The van der Waals surface area contributed by atoms with E-state index >= 15 is 0 Å². The Kier molecular flexibility index (Phi) is 4.05. The van der Waals surface area contributed by atoms with E-state index in [-0.39, 0.29) is 12.5 Å². The number of benzene rings is 1. The molecule has 26 heavy (non-hydrogen) atoms. The minimum absolute atomic E-state index is 0.204. The molecule has 0 spiro atoms. The fourth-order valence-corrected chi connectivity index (χ4v) is 2.70. The van der Waals surface area contributed by atoms with Crippen molar-refractivity contribution in [3.8, 4) is 0 Å². The Balaban J connectivity index is 2.06.